The molecule has 6 atom stereocenters. The van der Waals surface area contributed by atoms with Crippen LogP contribution in [0.25, 0.3) is 0 Å². The van der Waals surface area contributed by atoms with Gasteiger partial charge in [-0.05, 0) is 19.6 Å². The molecule has 6 unspecified atom stereocenters. The Labute approximate surface area is 102 Å². The second-order valence-corrected chi connectivity index (χ2v) is 6.64. The van der Waals surface area contributed by atoms with Gasteiger partial charge >= 0.3 is 0 Å². The van der Waals surface area contributed by atoms with Gasteiger partial charge in [0.25, 0.3) is 0 Å². The van der Waals surface area contributed by atoms with Gasteiger partial charge in [0, 0.05) is 12.0 Å². The summed E-state index contributed by atoms with van der Waals surface area (Å²) >= 11 is 0. The summed E-state index contributed by atoms with van der Waals surface area (Å²) in [5.74, 6) is 6.02. The minimum Gasteiger partial charge on any atom is -0.324 e. The highest BCUT2D eigenvalue weighted by Gasteiger charge is 2.53. The monoisotopic (exact) mass is 258 g/mol. The minimum absolute atomic E-state index is 0.0279. The summed E-state index contributed by atoms with van der Waals surface area (Å²) in [7, 11) is 2.50. The molecule has 2 heterocycles. The molecule has 5 heteroatoms. The van der Waals surface area contributed by atoms with Gasteiger partial charge < -0.3 is 4.90 Å². The predicted octanol–water partition coefficient (Wildman–Crippen LogP) is 1.20. The molecule has 0 aromatic rings. The second kappa shape index (κ2) is 4.59. The van der Waals surface area contributed by atoms with Crippen LogP contribution >= 0.6 is 19.9 Å². The Kier molecular flexibility index (Phi) is 3.53. The number of fused-ring (bicyclic) bond motifs is 1. The average molecular weight is 258 g/mol. The third kappa shape index (κ3) is 1.68. The lowest BCUT2D eigenvalue weighted by Crippen LogP contribution is -2.72. The lowest BCUT2D eigenvalue weighted by Gasteiger charge is -2.56. The quantitative estimate of drug-likeness (QED) is 0.349. The van der Waals surface area contributed by atoms with Crippen molar-refractivity contribution in [1.29, 1.82) is 0 Å². The highest BCUT2D eigenvalue weighted by atomic mass is 32.2. The van der Waals surface area contributed by atoms with Crippen LogP contribution in [0.5, 0.6) is 0 Å². The molecule has 1 amide bonds. The zero-order valence-corrected chi connectivity index (χ0v) is 11.7. The Morgan fingerprint density at radius 3 is 2.94 bits per heavy atom. The topological polar surface area (TPSA) is 32.3 Å². The largest absolute Gasteiger partial charge is 0.324 e. The van der Waals surface area contributed by atoms with Gasteiger partial charge in [-0.25, -0.2) is 0 Å². The third-order valence-electron chi connectivity index (χ3n) is 3.51. The zero-order valence-electron chi connectivity index (χ0n) is 9.72. The molecular formula is C11H19N2OPS. The number of rotatable bonds is 2. The summed E-state index contributed by atoms with van der Waals surface area (Å²) in [6, 6.07) is 0.286. The molecule has 1 N–H and O–H groups in total. The molecule has 0 saturated carbocycles. The standard InChI is InChI=1S/C11H19N2OPS/c1-4-5-8-6-16(3)11-9(12-15)10(14)13(11)7(8)2/h4-5,7-9,11-12H,3,6,15H2,1-2H3. The molecule has 2 saturated heterocycles. The number of carbonyl (C=O) groups excluding carboxylic acids is 1. The van der Waals surface area contributed by atoms with Gasteiger partial charge in [-0.1, -0.05) is 27.4 Å². The van der Waals surface area contributed by atoms with Crippen LogP contribution in [0.4, 0.5) is 0 Å². The Bertz CT molecular complexity index is 358. The van der Waals surface area contributed by atoms with Crippen molar-refractivity contribution in [2.45, 2.75) is 31.3 Å². The number of allylic oxidation sites excluding steroid dienone is 1. The number of hydrogen-bond donors (Lipinski definition) is 1. The van der Waals surface area contributed by atoms with E-state index in [0.29, 0.717) is 17.3 Å². The lowest BCUT2D eigenvalue weighted by molar-refractivity contribution is -0.149. The van der Waals surface area contributed by atoms with Crippen molar-refractivity contribution in [3.63, 3.8) is 0 Å². The first-order valence-electron chi connectivity index (χ1n) is 5.52. The van der Waals surface area contributed by atoms with Crippen LogP contribution in [0.15, 0.2) is 12.2 Å². The highest BCUT2D eigenvalue weighted by Crippen LogP contribution is 2.44. The Hall–Kier alpha value is -0.180. The number of carbonyl (C=O) groups is 1. The highest BCUT2D eigenvalue weighted by molar-refractivity contribution is 8.14. The Balaban J connectivity index is 2.20. The summed E-state index contributed by atoms with van der Waals surface area (Å²) in [6.07, 6.45) is 4.29. The maximum Gasteiger partial charge on any atom is 0.244 e. The first-order chi connectivity index (χ1) is 7.61. The molecular weight excluding hydrogens is 239 g/mol. The number of amides is 1. The molecule has 0 bridgehead atoms. The second-order valence-electron chi connectivity index (χ2n) is 4.41. The van der Waals surface area contributed by atoms with E-state index in [4.69, 9.17) is 0 Å². The molecule has 90 valence electrons. The third-order valence-corrected chi connectivity index (χ3v) is 5.86. The van der Waals surface area contributed by atoms with Gasteiger partial charge in [0.05, 0.1) is 5.37 Å². The molecule has 0 radical (unpaired) electrons. The molecule has 16 heavy (non-hydrogen) atoms. The summed E-state index contributed by atoms with van der Waals surface area (Å²) in [5, 5.41) is 3.33. The maximum atomic E-state index is 11.9. The first-order valence-corrected chi connectivity index (χ1v) is 7.72. The molecule has 2 aliphatic heterocycles. The Morgan fingerprint density at radius 2 is 2.38 bits per heavy atom. The van der Waals surface area contributed by atoms with Crippen molar-refractivity contribution in [2.24, 2.45) is 5.92 Å². The van der Waals surface area contributed by atoms with Crippen molar-refractivity contribution < 1.29 is 4.79 Å². The van der Waals surface area contributed by atoms with Gasteiger partial charge in [-0.2, -0.15) is 10.5 Å². The number of β-lactam (4-membered cyclic amide) rings is 1. The number of nitrogens with one attached hydrogen (secondary N) is 1. The van der Waals surface area contributed by atoms with E-state index in [1.54, 1.807) is 0 Å². The maximum absolute atomic E-state index is 11.9. The van der Waals surface area contributed by atoms with Crippen LogP contribution in [0.3, 0.4) is 0 Å². The molecule has 3 nitrogen and oxygen atoms in total. The zero-order chi connectivity index (χ0) is 11.9. The number of nitrogens with zero attached hydrogens (tertiary/aromatic N) is 1. The smallest absolute Gasteiger partial charge is 0.244 e. The van der Waals surface area contributed by atoms with Crippen LogP contribution in [0, 0.1) is 5.92 Å². The molecule has 0 aromatic heterocycles. The molecule has 2 aliphatic rings. The van der Waals surface area contributed by atoms with Crippen molar-refractivity contribution in [1.82, 2.24) is 9.99 Å². The summed E-state index contributed by atoms with van der Waals surface area (Å²) in [5.41, 5.74) is 0. The summed E-state index contributed by atoms with van der Waals surface area (Å²) in [4.78, 5) is 14.0. The lowest BCUT2D eigenvalue weighted by atomic mass is 9.95. The van der Waals surface area contributed by atoms with Crippen molar-refractivity contribution >= 4 is 31.7 Å². The van der Waals surface area contributed by atoms with E-state index < -0.39 is 0 Å². The average Bonchev–Trinajstić information content (AvgIpc) is 2.24. The van der Waals surface area contributed by atoms with Crippen molar-refractivity contribution in [2.75, 3.05) is 5.75 Å². The van der Waals surface area contributed by atoms with Gasteiger partial charge in [0.15, 0.2) is 0 Å². The normalized spacial score (nSPS) is 43.3. The summed E-state index contributed by atoms with van der Waals surface area (Å²) < 4.78 is 0. The van der Waals surface area contributed by atoms with Gasteiger partial charge in [-0.3, -0.25) is 9.88 Å². The van der Waals surface area contributed by atoms with Crippen LogP contribution in [-0.2, 0) is 4.79 Å². The van der Waals surface area contributed by atoms with E-state index in [2.05, 4.69) is 39.4 Å². The Morgan fingerprint density at radius 1 is 1.69 bits per heavy atom. The van der Waals surface area contributed by atoms with Crippen molar-refractivity contribution in [3.05, 3.63) is 12.2 Å². The van der Waals surface area contributed by atoms with E-state index in [1.165, 1.54) is 0 Å². The minimum atomic E-state index is -0.0279. The van der Waals surface area contributed by atoms with Gasteiger partial charge in [-0.15, -0.1) is 0 Å². The van der Waals surface area contributed by atoms with Crippen molar-refractivity contribution in [3.8, 4) is 0 Å². The van der Waals surface area contributed by atoms with Crippen LogP contribution < -0.4 is 5.09 Å². The molecule has 0 spiro atoms. The van der Waals surface area contributed by atoms with Crippen LogP contribution in [0.1, 0.15) is 13.8 Å². The van der Waals surface area contributed by atoms with E-state index >= 15 is 0 Å². The molecule has 2 fully saturated rings. The van der Waals surface area contributed by atoms with Gasteiger partial charge in [0.2, 0.25) is 5.91 Å². The predicted molar refractivity (Wildman–Crippen MR) is 74.6 cm³/mol. The fraction of sp³-hybridized carbons (Fsp3) is 0.636. The van der Waals surface area contributed by atoms with Crippen LogP contribution in [-0.4, -0.2) is 39.9 Å². The SMILES string of the molecule is C=S1CC(C=CC)C(C)N2C(=O)C(NP)C21. The van der Waals surface area contributed by atoms with Crippen LogP contribution in [0.2, 0.25) is 0 Å². The van der Waals surface area contributed by atoms with Gasteiger partial charge in [0.1, 0.15) is 6.04 Å². The van der Waals surface area contributed by atoms with E-state index in [0.717, 1.165) is 5.75 Å². The van der Waals surface area contributed by atoms with E-state index in [1.807, 2.05) is 11.8 Å². The van der Waals surface area contributed by atoms with E-state index in [9.17, 15) is 4.79 Å². The number of hydrogen-bond acceptors (Lipinski definition) is 2. The fourth-order valence-corrected chi connectivity index (χ4v) is 5.32. The first kappa shape index (κ1) is 12.3. The molecule has 2 rings (SSSR count). The fourth-order valence-electron chi connectivity index (χ4n) is 2.58. The molecule has 0 aliphatic carbocycles. The van der Waals surface area contributed by atoms with E-state index in [-0.39, 0.29) is 22.4 Å². The molecule has 0 aromatic carbocycles. The summed E-state index contributed by atoms with van der Waals surface area (Å²) in [6.45, 7) is 4.18.